The molecule has 1 aliphatic rings. The van der Waals surface area contributed by atoms with Gasteiger partial charge in [-0.15, -0.1) is 0 Å². The summed E-state index contributed by atoms with van der Waals surface area (Å²) in [6.45, 7) is 6.94. The van der Waals surface area contributed by atoms with E-state index in [1.165, 1.54) is 0 Å². The second-order valence-electron chi connectivity index (χ2n) is 7.57. The second kappa shape index (κ2) is 11.7. The molecular weight excluding hydrogens is 356 g/mol. The third-order valence-electron chi connectivity index (χ3n) is 4.97. The number of nitrogens with zero attached hydrogens (tertiary/aromatic N) is 1. The number of hydrogen-bond donors (Lipinski definition) is 3. The van der Waals surface area contributed by atoms with E-state index in [0.29, 0.717) is 32.8 Å². The van der Waals surface area contributed by atoms with Gasteiger partial charge in [-0.05, 0) is 37.3 Å². The second-order valence-corrected chi connectivity index (χ2v) is 7.57. The molecule has 28 heavy (non-hydrogen) atoms. The molecule has 0 aliphatic carbocycles. The smallest absolute Gasteiger partial charge is 0.315 e. The van der Waals surface area contributed by atoms with Crippen molar-refractivity contribution in [3.63, 3.8) is 0 Å². The minimum atomic E-state index is -0.537. The van der Waals surface area contributed by atoms with E-state index in [4.69, 9.17) is 10.5 Å². The lowest BCUT2D eigenvalue weighted by atomic mass is 10.0. The van der Waals surface area contributed by atoms with E-state index in [2.05, 4.69) is 10.6 Å². The van der Waals surface area contributed by atoms with Crippen LogP contribution in [-0.4, -0.2) is 55.2 Å². The van der Waals surface area contributed by atoms with Gasteiger partial charge in [0.1, 0.15) is 6.04 Å². The van der Waals surface area contributed by atoms with Gasteiger partial charge in [0.15, 0.2) is 0 Å². The van der Waals surface area contributed by atoms with Crippen molar-refractivity contribution in [1.29, 1.82) is 0 Å². The summed E-state index contributed by atoms with van der Waals surface area (Å²) in [6.07, 6.45) is 2.69. The molecule has 156 valence electrons. The number of nitrogens with one attached hydrogen (secondary N) is 2. The summed E-state index contributed by atoms with van der Waals surface area (Å²) in [4.78, 5) is 27.1. The van der Waals surface area contributed by atoms with Crippen molar-refractivity contribution < 1.29 is 14.3 Å². The standard InChI is InChI=1S/C21H34N4O3/c1-16(2)19(24-21(27)23-15-17-7-4-3-5-8-17)20(26)25-12-9-18(10-13-25)28-14-6-11-22/h3-5,7-8,16,18-19H,6,9-15,22H2,1-2H3,(H2,23,24,27). The molecule has 7 nitrogen and oxygen atoms in total. The first kappa shape index (κ1) is 22.2. The summed E-state index contributed by atoms with van der Waals surface area (Å²) in [5, 5.41) is 5.68. The molecule has 7 heteroatoms. The Hall–Kier alpha value is -2.12. The van der Waals surface area contributed by atoms with Crippen molar-refractivity contribution in [2.75, 3.05) is 26.2 Å². The summed E-state index contributed by atoms with van der Waals surface area (Å²) in [6, 6.07) is 8.83. The van der Waals surface area contributed by atoms with E-state index in [0.717, 1.165) is 24.8 Å². The molecule has 1 fully saturated rings. The first-order valence-electron chi connectivity index (χ1n) is 10.2. The predicted molar refractivity (Wildman–Crippen MR) is 110 cm³/mol. The average Bonchev–Trinajstić information content (AvgIpc) is 2.71. The Morgan fingerprint density at radius 2 is 1.89 bits per heavy atom. The summed E-state index contributed by atoms with van der Waals surface area (Å²) < 4.78 is 5.80. The molecule has 1 saturated heterocycles. The van der Waals surface area contributed by atoms with Crippen molar-refractivity contribution in [2.45, 2.75) is 51.8 Å². The molecule has 0 spiro atoms. The molecule has 0 bridgehead atoms. The van der Waals surface area contributed by atoms with E-state index < -0.39 is 6.04 Å². The van der Waals surface area contributed by atoms with Crippen molar-refractivity contribution >= 4 is 11.9 Å². The van der Waals surface area contributed by atoms with Crippen LogP contribution in [0.3, 0.4) is 0 Å². The molecule has 1 atom stereocenters. The van der Waals surface area contributed by atoms with Crippen LogP contribution < -0.4 is 16.4 Å². The minimum Gasteiger partial charge on any atom is -0.378 e. The van der Waals surface area contributed by atoms with Crippen LogP contribution in [0.15, 0.2) is 30.3 Å². The van der Waals surface area contributed by atoms with Gasteiger partial charge in [0.25, 0.3) is 0 Å². The molecule has 0 aromatic heterocycles. The van der Waals surface area contributed by atoms with Gasteiger partial charge in [-0.3, -0.25) is 4.79 Å². The zero-order chi connectivity index (χ0) is 20.4. The van der Waals surface area contributed by atoms with Gasteiger partial charge < -0.3 is 26.0 Å². The number of ether oxygens (including phenoxy) is 1. The van der Waals surface area contributed by atoms with E-state index >= 15 is 0 Å². The Balaban J connectivity index is 1.80. The van der Waals surface area contributed by atoms with Gasteiger partial charge in [0.2, 0.25) is 5.91 Å². The predicted octanol–water partition coefficient (Wildman–Crippen LogP) is 1.87. The van der Waals surface area contributed by atoms with Crippen LogP contribution in [0, 0.1) is 5.92 Å². The SMILES string of the molecule is CC(C)C(NC(=O)NCc1ccccc1)C(=O)N1CCC(OCCCN)CC1. The van der Waals surface area contributed by atoms with Gasteiger partial charge in [0, 0.05) is 26.2 Å². The number of carbonyl (C=O) groups is 2. The molecule has 1 aliphatic heterocycles. The highest BCUT2D eigenvalue weighted by Gasteiger charge is 2.31. The molecular formula is C21H34N4O3. The molecule has 1 unspecified atom stereocenters. The van der Waals surface area contributed by atoms with E-state index in [-0.39, 0.29) is 24.0 Å². The number of piperidine rings is 1. The maximum Gasteiger partial charge on any atom is 0.315 e. The highest BCUT2D eigenvalue weighted by molar-refractivity contribution is 5.87. The zero-order valence-corrected chi connectivity index (χ0v) is 17.0. The fourth-order valence-corrected chi connectivity index (χ4v) is 3.26. The third kappa shape index (κ3) is 7.13. The molecule has 4 N–H and O–H groups in total. The lowest BCUT2D eigenvalue weighted by Gasteiger charge is -2.35. The summed E-state index contributed by atoms with van der Waals surface area (Å²) in [5.74, 6) is -0.0150. The molecule has 3 amide bonds. The number of amides is 3. The van der Waals surface area contributed by atoms with Gasteiger partial charge in [-0.25, -0.2) is 4.79 Å². The van der Waals surface area contributed by atoms with Gasteiger partial charge in [-0.2, -0.15) is 0 Å². The first-order valence-corrected chi connectivity index (χ1v) is 10.2. The van der Waals surface area contributed by atoms with Crippen LogP contribution in [0.2, 0.25) is 0 Å². The monoisotopic (exact) mass is 390 g/mol. The van der Waals surface area contributed by atoms with Crippen molar-refractivity contribution in [3.05, 3.63) is 35.9 Å². The number of likely N-dealkylation sites (tertiary alicyclic amines) is 1. The van der Waals surface area contributed by atoms with Gasteiger partial charge in [-0.1, -0.05) is 44.2 Å². The Morgan fingerprint density at radius 3 is 2.50 bits per heavy atom. The van der Waals surface area contributed by atoms with Crippen LogP contribution in [-0.2, 0) is 16.1 Å². The van der Waals surface area contributed by atoms with Gasteiger partial charge >= 0.3 is 6.03 Å². The molecule has 1 aromatic rings. The van der Waals surface area contributed by atoms with E-state index in [1.54, 1.807) is 0 Å². The maximum absolute atomic E-state index is 12.9. The quantitative estimate of drug-likeness (QED) is 0.561. The number of hydrogen-bond acceptors (Lipinski definition) is 4. The van der Waals surface area contributed by atoms with Crippen LogP contribution >= 0.6 is 0 Å². The van der Waals surface area contributed by atoms with E-state index in [1.807, 2.05) is 49.1 Å². The Morgan fingerprint density at radius 1 is 1.21 bits per heavy atom. The maximum atomic E-state index is 12.9. The van der Waals surface area contributed by atoms with Gasteiger partial charge in [0.05, 0.1) is 6.10 Å². The summed E-state index contributed by atoms with van der Waals surface area (Å²) in [7, 11) is 0. The minimum absolute atomic E-state index is 0.00787. The average molecular weight is 391 g/mol. The fraction of sp³-hybridized carbons (Fsp3) is 0.619. The molecule has 1 aromatic carbocycles. The molecule has 2 rings (SSSR count). The Labute approximate surface area is 168 Å². The lowest BCUT2D eigenvalue weighted by Crippen LogP contribution is -2.55. The highest BCUT2D eigenvalue weighted by Crippen LogP contribution is 2.16. The van der Waals surface area contributed by atoms with Crippen molar-refractivity contribution in [3.8, 4) is 0 Å². The van der Waals surface area contributed by atoms with Crippen LogP contribution in [0.4, 0.5) is 4.79 Å². The lowest BCUT2D eigenvalue weighted by molar-refractivity contribution is -0.136. The first-order chi connectivity index (χ1) is 13.5. The molecule has 0 radical (unpaired) electrons. The number of nitrogens with two attached hydrogens (primary N) is 1. The van der Waals surface area contributed by atoms with Crippen LogP contribution in [0.1, 0.15) is 38.7 Å². The summed E-state index contributed by atoms with van der Waals surface area (Å²) >= 11 is 0. The van der Waals surface area contributed by atoms with Crippen molar-refractivity contribution in [2.24, 2.45) is 11.7 Å². The summed E-state index contributed by atoms with van der Waals surface area (Å²) in [5.41, 5.74) is 6.50. The number of benzene rings is 1. The number of rotatable bonds is 9. The van der Waals surface area contributed by atoms with Crippen molar-refractivity contribution in [1.82, 2.24) is 15.5 Å². The molecule has 0 saturated carbocycles. The number of urea groups is 1. The topological polar surface area (TPSA) is 96.7 Å². The molecule has 1 heterocycles. The largest absolute Gasteiger partial charge is 0.378 e. The van der Waals surface area contributed by atoms with E-state index in [9.17, 15) is 9.59 Å². The number of carbonyl (C=O) groups excluding carboxylic acids is 2. The fourth-order valence-electron chi connectivity index (χ4n) is 3.26. The Kier molecular flexibility index (Phi) is 9.23. The van der Waals surface area contributed by atoms with Crippen LogP contribution in [0.25, 0.3) is 0 Å². The highest BCUT2D eigenvalue weighted by atomic mass is 16.5. The zero-order valence-electron chi connectivity index (χ0n) is 17.0. The third-order valence-corrected chi connectivity index (χ3v) is 4.97. The Bertz CT molecular complexity index is 601. The van der Waals surface area contributed by atoms with Crippen LogP contribution in [0.5, 0.6) is 0 Å². The normalized spacial score (nSPS) is 16.1.